The van der Waals surface area contributed by atoms with E-state index in [4.69, 9.17) is 4.43 Å². The van der Waals surface area contributed by atoms with Crippen LogP contribution in [0.2, 0.25) is 18.1 Å². The molecule has 152 valence electrons. The number of carbonyl (C=O) groups excluding carboxylic acids is 1. The van der Waals surface area contributed by atoms with Crippen molar-refractivity contribution in [1.29, 1.82) is 0 Å². The first kappa shape index (κ1) is 22.9. The molecule has 0 amide bonds. The second-order valence-electron chi connectivity index (χ2n) is 8.80. The van der Waals surface area contributed by atoms with Crippen LogP contribution in [0, 0.1) is 13.8 Å². The average Bonchev–Trinajstić information content (AvgIpc) is 2.62. The molecule has 2 aromatic rings. The summed E-state index contributed by atoms with van der Waals surface area (Å²) in [5.41, 5.74) is 2.80. The highest BCUT2D eigenvalue weighted by molar-refractivity contribution is 8.13. The lowest BCUT2D eigenvalue weighted by Crippen LogP contribution is -2.47. The van der Waals surface area contributed by atoms with Gasteiger partial charge < -0.3 is 9.53 Å². The van der Waals surface area contributed by atoms with Gasteiger partial charge in [0, 0.05) is 4.90 Å². The maximum atomic E-state index is 13.3. The van der Waals surface area contributed by atoms with Crippen molar-refractivity contribution in [3.05, 3.63) is 65.2 Å². The molecule has 28 heavy (non-hydrogen) atoms. The molecule has 0 radical (unpaired) electrons. The molecule has 0 aliphatic rings. The molecule has 2 rings (SSSR count). The molecular formula is C23H32O3SSi. The second-order valence-corrected chi connectivity index (χ2v) is 14.6. The van der Waals surface area contributed by atoms with Crippen molar-refractivity contribution in [3.8, 4) is 0 Å². The zero-order chi connectivity index (χ0) is 21.1. The Bertz CT molecular complexity index is 792. The number of aliphatic hydroxyl groups is 1. The Labute approximate surface area is 174 Å². The van der Waals surface area contributed by atoms with E-state index in [1.54, 1.807) is 0 Å². The van der Waals surface area contributed by atoms with Gasteiger partial charge in [-0.2, -0.15) is 0 Å². The molecule has 1 N–H and O–H groups in total. The van der Waals surface area contributed by atoms with Crippen molar-refractivity contribution in [1.82, 2.24) is 0 Å². The van der Waals surface area contributed by atoms with Gasteiger partial charge in [0.15, 0.2) is 8.32 Å². The number of rotatable bonds is 6. The first-order valence-corrected chi connectivity index (χ1v) is 13.4. The first-order valence-electron chi connectivity index (χ1n) is 9.63. The summed E-state index contributed by atoms with van der Waals surface area (Å²) >= 11 is 1.18. The topological polar surface area (TPSA) is 46.5 Å². The lowest BCUT2D eigenvalue weighted by molar-refractivity contribution is -0.122. The van der Waals surface area contributed by atoms with E-state index < -0.39 is 20.5 Å². The zero-order valence-corrected chi connectivity index (χ0v) is 19.8. The molecule has 5 heteroatoms. The van der Waals surface area contributed by atoms with Crippen LogP contribution in [-0.2, 0) is 9.22 Å². The Morgan fingerprint density at radius 2 is 1.54 bits per heavy atom. The minimum atomic E-state index is -2.26. The van der Waals surface area contributed by atoms with Crippen LogP contribution < -0.4 is 0 Å². The summed E-state index contributed by atoms with van der Waals surface area (Å²) in [7, 11) is -2.26. The Morgan fingerprint density at radius 3 is 2.04 bits per heavy atom. The number of benzene rings is 2. The Kier molecular flexibility index (Phi) is 7.31. The summed E-state index contributed by atoms with van der Waals surface area (Å²) in [5.74, 6) is 0. The molecule has 3 nitrogen and oxygen atoms in total. The van der Waals surface area contributed by atoms with E-state index in [9.17, 15) is 9.90 Å². The molecule has 0 aliphatic carbocycles. The molecule has 0 aromatic heterocycles. The van der Waals surface area contributed by atoms with Gasteiger partial charge in [0.05, 0.1) is 0 Å². The normalized spacial score (nSPS) is 14.6. The third-order valence-electron chi connectivity index (χ3n) is 5.50. The number of thioether (sulfide) groups is 1. The maximum absolute atomic E-state index is 13.3. The van der Waals surface area contributed by atoms with Gasteiger partial charge in [-0.3, -0.25) is 4.79 Å². The van der Waals surface area contributed by atoms with Gasteiger partial charge in [-0.1, -0.05) is 69.3 Å². The van der Waals surface area contributed by atoms with E-state index >= 15 is 0 Å². The maximum Gasteiger partial charge on any atom is 0.224 e. The fourth-order valence-corrected chi connectivity index (χ4v) is 4.94. The first-order chi connectivity index (χ1) is 12.9. The van der Waals surface area contributed by atoms with Crippen molar-refractivity contribution >= 4 is 25.2 Å². The van der Waals surface area contributed by atoms with Gasteiger partial charge >= 0.3 is 0 Å². The van der Waals surface area contributed by atoms with Crippen molar-refractivity contribution in [2.75, 3.05) is 0 Å². The largest absolute Gasteiger partial charge is 0.403 e. The lowest BCUT2D eigenvalue weighted by atomic mass is 10.1. The predicted octanol–water partition coefficient (Wildman–Crippen LogP) is 6.05. The smallest absolute Gasteiger partial charge is 0.224 e. The highest BCUT2D eigenvalue weighted by Gasteiger charge is 2.43. The quantitative estimate of drug-likeness (QED) is 0.460. The van der Waals surface area contributed by atoms with Crippen molar-refractivity contribution in [3.63, 3.8) is 0 Å². The number of hydrogen-bond acceptors (Lipinski definition) is 4. The monoisotopic (exact) mass is 416 g/mol. The fraction of sp³-hybridized carbons (Fsp3) is 0.435. The van der Waals surface area contributed by atoms with Gasteiger partial charge in [0.2, 0.25) is 5.12 Å². The lowest BCUT2D eigenvalue weighted by Gasteiger charge is -2.40. The summed E-state index contributed by atoms with van der Waals surface area (Å²) in [6, 6.07) is 15.3. The van der Waals surface area contributed by atoms with Crippen LogP contribution in [0.15, 0.2) is 53.4 Å². The van der Waals surface area contributed by atoms with Crippen LogP contribution in [0.25, 0.3) is 0 Å². The van der Waals surface area contributed by atoms with Gasteiger partial charge in [0.25, 0.3) is 0 Å². The van der Waals surface area contributed by atoms with E-state index in [1.165, 1.54) is 11.8 Å². The number of carbonyl (C=O) groups is 1. The van der Waals surface area contributed by atoms with E-state index in [0.29, 0.717) is 5.56 Å². The van der Waals surface area contributed by atoms with E-state index in [1.807, 2.05) is 62.4 Å². The minimum Gasteiger partial charge on any atom is -0.403 e. The summed E-state index contributed by atoms with van der Waals surface area (Å²) in [5, 5.41) is 10.8. The molecule has 0 aliphatic heterocycles. The summed E-state index contributed by atoms with van der Waals surface area (Å²) in [6.07, 6.45) is -1.91. The summed E-state index contributed by atoms with van der Waals surface area (Å²) in [4.78, 5) is 14.3. The Balaban J connectivity index is 2.38. The number of aliphatic hydroxyl groups excluding tert-OH is 1. The molecule has 2 unspecified atom stereocenters. The highest BCUT2D eigenvalue weighted by Crippen LogP contribution is 2.40. The molecule has 2 atom stereocenters. The predicted molar refractivity (Wildman–Crippen MR) is 120 cm³/mol. The van der Waals surface area contributed by atoms with Crippen LogP contribution in [0.1, 0.15) is 43.6 Å². The molecule has 0 fully saturated rings. The van der Waals surface area contributed by atoms with Crippen LogP contribution in [0.5, 0.6) is 0 Å². The van der Waals surface area contributed by atoms with Crippen LogP contribution >= 0.6 is 11.8 Å². The molecule has 0 saturated carbocycles. The van der Waals surface area contributed by atoms with E-state index in [0.717, 1.165) is 16.0 Å². The molecule has 0 spiro atoms. The molecule has 2 aromatic carbocycles. The standard InChI is InChI=1S/C23H32O3SSi/c1-16-12-11-13-17(2)21(16)27-22(25)20(26-28(6,7)23(3,4)5)19(24)18-14-9-8-10-15-18/h8-15,19-20,24H,1-7H3. The SMILES string of the molecule is Cc1cccc(C)c1SC(=O)C(O[Si](C)(C)C(C)(C)C)C(O)c1ccccc1. The minimum absolute atomic E-state index is 0.0643. The van der Waals surface area contributed by atoms with Gasteiger partial charge in [-0.05, 0) is 60.4 Å². The number of aryl methyl sites for hydroxylation is 2. The summed E-state index contributed by atoms with van der Waals surface area (Å²) in [6.45, 7) is 14.6. The molecule has 0 saturated heterocycles. The van der Waals surface area contributed by atoms with Crippen LogP contribution in [0.4, 0.5) is 0 Å². The molecular weight excluding hydrogens is 384 g/mol. The van der Waals surface area contributed by atoms with Crippen molar-refractivity contribution in [2.45, 2.75) is 69.9 Å². The molecule has 0 bridgehead atoms. The van der Waals surface area contributed by atoms with Gasteiger partial charge in [0.1, 0.15) is 12.2 Å². The van der Waals surface area contributed by atoms with E-state index in [2.05, 4.69) is 33.9 Å². The van der Waals surface area contributed by atoms with Crippen molar-refractivity contribution in [2.24, 2.45) is 0 Å². The third kappa shape index (κ3) is 5.35. The second kappa shape index (κ2) is 8.95. The third-order valence-corrected chi connectivity index (χ3v) is 11.2. The highest BCUT2D eigenvalue weighted by atomic mass is 32.2. The van der Waals surface area contributed by atoms with Crippen molar-refractivity contribution < 1.29 is 14.3 Å². The number of hydrogen-bond donors (Lipinski definition) is 1. The van der Waals surface area contributed by atoms with Crippen LogP contribution in [0.3, 0.4) is 0 Å². The van der Waals surface area contributed by atoms with Crippen LogP contribution in [-0.4, -0.2) is 24.6 Å². The Hall–Kier alpha value is -1.40. The molecule has 0 heterocycles. The fourth-order valence-electron chi connectivity index (χ4n) is 2.68. The van der Waals surface area contributed by atoms with Gasteiger partial charge in [-0.15, -0.1) is 0 Å². The average molecular weight is 417 g/mol. The van der Waals surface area contributed by atoms with Gasteiger partial charge in [-0.25, -0.2) is 0 Å². The van der Waals surface area contributed by atoms with E-state index in [-0.39, 0.29) is 10.2 Å². The zero-order valence-electron chi connectivity index (χ0n) is 17.9. The Morgan fingerprint density at radius 1 is 1.00 bits per heavy atom. The summed E-state index contributed by atoms with van der Waals surface area (Å²) < 4.78 is 6.45.